The smallest absolute Gasteiger partial charge is 0.145 e. The van der Waals surface area contributed by atoms with E-state index in [2.05, 4.69) is 64.8 Å². The third-order valence-corrected chi connectivity index (χ3v) is 4.25. The zero-order valence-corrected chi connectivity index (χ0v) is 13.5. The van der Waals surface area contributed by atoms with Crippen molar-refractivity contribution >= 4 is 11.4 Å². The first-order valence-electron chi connectivity index (χ1n) is 8.22. The second-order valence-electron chi connectivity index (χ2n) is 5.94. The molecule has 0 unspecified atom stereocenters. The first kappa shape index (κ1) is 14.6. The zero-order valence-electron chi connectivity index (χ0n) is 13.5. The van der Waals surface area contributed by atoms with Gasteiger partial charge in [-0.1, -0.05) is 66.7 Å². The number of hydrogen-bond donors (Lipinski definition) is 1. The highest BCUT2D eigenvalue weighted by molar-refractivity contribution is 5.80. The van der Waals surface area contributed by atoms with Crippen LogP contribution in [0.2, 0.25) is 0 Å². The van der Waals surface area contributed by atoms with E-state index in [4.69, 9.17) is 4.74 Å². The van der Waals surface area contributed by atoms with Gasteiger partial charge in [0.15, 0.2) is 0 Å². The maximum atomic E-state index is 6.04. The summed E-state index contributed by atoms with van der Waals surface area (Å²) in [6, 6.07) is 27.0. The Kier molecular flexibility index (Phi) is 4.07. The summed E-state index contributed by atoms with van der Waals surface area (Å²) >= 11 is 0. The number of benzene rings is 3. The van der Waals surface area contributed by atoms with Crippen LogP contribution in [0, 0.1) is 0 Å². The van der Waals surface area contributed by atoms with Gasteiger partial charge in [-0.05, 0) is 23.3 Å². The van der Waals surface area contributed by atoms with Gasteiger partial charge in [0.25, 0.3) is 0 Å². The van der Waals surface area contributed by atoms with E-state index in [1.54, 1.807) is 0 Å². The Morgan fingerprint density at radius 1 is 0.792 bits per heavy atom. The molecule has 3 aromatic rings. The van der Waals surface area contributed by atoms with E-state index in [1.165, 1.54) is 16.8 Å². The summed E-state index contributed by atoms with van der Waals surface area (Å²) in [6.07, 6.45) is 0. The van der Waals surface area contributed by atoms with Crippen molar-refractivity contribution in [3.8, 4) is 5.75 Å². The van der Waals surface area contributed by atoms with Crippen molar-refractivity contribution in [3.63, 3.8) is 0 Å². The van der Waals surface area contributed by atoms with Gasteiger partial charge in [-0.25, -0.2) is 0 Å². The SMILES string of the molecule is c1ccc(COc2cccc3c2NCN3Cc2ccccc2)cc1. The van der Waals surface area contributed by atoms with Gasteiger partial charge < -0.3 is 15.0 Å². The molecule has 120 valence electrons. The van der Waals surface area contributed by atoms with Gasteiger partial charge in [-0.2, -0.15) is 0 Å². The molecule has 1 heterocycles. The number of anilines is 2. The molecule has 4 rings (SSSR count). The minimum atomic E-state index is 0.581. The van der Waals surface area contributed by atoms with E-state index < -0.39 is 0 Å². The number of nitrogens with one attached hydrogen (secondary N) is 1. The molecule has 0 saturated carbocycles. The molecule has 3 heteroatoms. The maximum absolute atomic E-state index is 6.04. The molecule has 0 fully saturated rings. The quantitative estimate of drug-likeness (QED) is 0.741. The molecule has 3 nitrogen and oxygen atoms in total. The van der Waals surface area contributed by atoms with Crippen molar-refractivity contribution in [1.29, 1.82) is 0 Å². The van der Waals surface area contributed by atoms with Crippen molar-refractivity contribution in [1.82, 2.24) is 0 Å². The van der Waals surface area contributed by atoms with Crippen molar-refractivity contribution in [3.05, 3.63) is 90.0 Å². The Morgan fingerprint density at radius 2 is 1.50 bits per heavy atom. The van der Waals surface area contributed by atoms with Crippen LogP contribution in [0.5, 0.6) is 5.75 Å². The van der Waals surface area contributed by atoms with Crippen molar-refractivity contribution in [2.75, 3.05) is 16.9 Å². The largest absolute Gasteiger partial charge is 0.487 e. The van der Waals surface area contributed by atoms with Crippen molar-refractivity contribution < 1.29 is 4.74 Å². The van der Waals surface area contributed by atoms with Crippen molar-refractivity contribution in [2.45, 2.75) is 13.2 Å². The normalized spacial score (nSPS) is 12.6. The molecule has 0 saturated heterocycles. The van der Waals surface area contributed by atoms with Gasteiger partial charge in [-0.3, -0.25) is 0 Å². The van der Waals surface area contributed by atoms with Crippen LogP contribution in [0.25, 0.3) is 0 Å². The topological polar surface area (TPSA) is 24.5 Å². The van der Waals surface area contributed by atoms with Gasteiger partial charge >= 0.3 is 0 Å². The number of hydrogen-bond acceptors (Lipinski definition) is 3. The Bertz CT molecular complexity index is 803. The molecule has 1 aliphatic rings. The predicted molar refractivity (Wildman–Crippen MR) is 98.3 cm³/mol. The highest BCUT2D eigenvalue weighted by Crippen LogP contribution is 2.40. The average molecular weight is 316 g/mol. The van der Waals surface area contributed by atoms with E-state index in [0.29, 0.717) is 6.61 Å². The van der Waals surface area contributed by atoms with E-state index in [1.807, 2.05) is 24.3 Å². The minimum Gasteiger partial charge on any atom is -0.487 e. The Hall–Kier alpha value is -2.94. The first-order valence-corrected chi connectivity index (χ1v) is 8.22. The lowest BCUT2D eigenvalue weighted by Gasteiger charge is -2.18. The van der Waals surface area contributed by atoms with Gasteiger partial charge in [0.05, 0.1) is 12.4 Å². The minimum absolute atomic E-state index is 0.581. The number of para-hydroxylation sites is 1. The zero-order chi connectivity index (χ0) is 16.2. The molecule has 1 N–H and O–H groups in total. The average Bonchev–Trinajstić information content (AvgIpc) is 3.05. The third-order valence-electron chi connectivity index (χ3n) is 4.25. The van der Waals surface area contributed by atoms with E-state index >= 15 is 0 Å². The Morgan fingerprint density at radius 3 is 2.25 bits per heavy atom. The molecular formula is C21H20N2O. The molecule has 1 aliphatic heterocycles. The summed E-state index contributed by atoms with van der Waals surface area (Å²) in [5, 5.41) is 3.48. The molecule has 0 radical (unpaired) electrons. The third kappa shape index (κ3) is 3.06. The molecule has 0 aromatic heterocycles. The highest BCUT2D eigenvalue weighted by Gasteiger charge is 2.21. The summed E-state index contributed by atoms with van der Waals surface area (Å²) < 4.78 is 6.04. The fourth-order valence-electron chi connectivity index (χ4n) is 3.02. The van der Waals surface area contributed by atoms with Crippen LogP contribution < -0.4 is 15.0 Å². The van der Waals surface area contributed by atoms with Crippen LogP contribution in [-0.2, 0) is 13.2 Å². The van der Waals surface area contributed by atoms with Gasteiger partial charge in [0.2, 0.25) is 0 Å². The van der Waals surface area contributed by atoms with Crippen molar-refractivity contribution in [2.24, 2.45) is 0 Å². The van der Waals surface area contributed by atoms with Crippen LogP contribution in [0.3, 0.4) is 0 Å². The molecule has 0 spiro atoms. The molecule has 0 atom stereocenters. The predicted octanol–water partition coefficient (Wildman–Crippen LogP) is 4.66. The van der Waals surface area contributed by atoms with Crippen LogP contribution in [0.15, 0.2) is 78.9 Å². The van der Waals surface area contributed by atoms with Crippen LogP contribution in [-0.4, -0.2) is 6.67 Å². The second kappa shape index (κ2) is 6.67. The lowest BCUT2D eigenvalue weighted by Crippen LogP contribution is -2.21. The molecule has 24 heavy (non-hydrogen) atoms. The molecule has 0 aliphatic carbocycles. The molecule has 0 amide bonds. The summed E-state index contributed by atoms with van der Waals surface area (Å²) in [5.41, 5.74) is 4.77. The van der Waals surface area contributed by atoms with Crippen LogP contribution in [0.1, 0.15) is 11.1 Å². The summed E-state index contributed by atoms with van der Waals surface area (Å²) in [4.78, 5) is 2.33. The number of ether oxygens (including phenoxy) is 1. The number of rotatable bonds is 5. The van der Waals surface area contributed by atoms with Gasteiger partial charge in [-0.15, -0.1) is 0 Å². The van der Waals surface area contributed by atoms with E-state index in [-0.39, 0.29) is 0 Å². The monoisotopic (exact) mass is 316 g/mol. The highest BCUT2D eigenvalue weighted by atomic mass is 16.5. The summed E-state index contributed by atoms with van der Waals surface area (Å²) in [6.45, 7) is 2.27. The van der Waals surface area contributed by atoms with Crippen LogP contribution >= 0.6 is 0 Å². The number of fused-ring (bicyclic) bond motifs is 1. The Balaban J connectivity index is 1.51. The van der Waals surface area contributed by atoms with Crippen LogP contribution in [0.4, 0.5) is 11.4 Å². The first-order chi connectivity index (χ1) is 11.9. The molecule has 3 aromatic carbocycles. The fraction of sp³-hybridized carbons (Fsp3) is 0.143. The lowest BCUT2D eigenvalue weighted by atomic mass is 10.2. The fourth-order valence-corrected chi connectivity index (χ4v) is 3.02. The second-order valence-corrected chi connectivity index (χ2v) is 5.94. The molecular weight excluding hydrogens is 296 g/mol. The van der Waals surface area contributed by atoms with E-state index in [9.17, 15) is 0 Å². The summed E-state index contributed by atoms with van der Waals surface area (Å²) in [7, 11) is 0. The molecule has 0 bridgehead atoms. The van der Waals surface area contributed by atoms with E-state index in [0.717, 1.165) is 24.7 Å². The number of nitrogens with zero attached hydrogens (tertiary/aromatic N) is 1. The summed E-state index contributed by atoms with van der Waals surface area (Å²) in [5.74, 6) is 0.909. The van der Waals surface area contributed by atoms with Gasteiger partial charge in [0, 0.05) is 6.54 Å². The maximum Gasteiger partial charge on any atom is 0.145 e. The van der Waals surface area contributed by atoms with Gasteiger partial charge in [0.1, 0.15) is 18.0 Å². The standard InChI is InChI=1S/C21H20N2O/c1-3-8-17(9-4-1)14-23-16-22-21-19(23)12-7-13-20(21)24-15-18-10-5-2-6-11-18/h1-13,22H,14-16H2. The Labute approximate surface area is 142 Å². The lowest BCUT2D eigenvalue weighted by molar-refractivity contribution is 0.308.